The molecule has 1 N–H and O–H groups in total. The maximum absolute atomic E-state index is 3.56. The topological polar surface area (TPSA) is 12.0 Å². The van der Waals surface area contributed by atoms with Gasteiger partial charge in [-0.05, 0) is 31.7 Å². The Morgan fingerprint density at radius 1 is 1.00 bits per heavy atom. The maximum Gasteiger partial charge on any atom is 0.00958 e. The van der Waals surface area contributed by atoms with Gasteiger partial charge in [0.25, 0.3) is 0 Å². The molecule has 1 nitrogen and oxygen atoms in total. The number of rotatable bonds is 0. The van der Waals surface area contributed by atoms with Gasteiger partial charge in [-0.3, -0.25) is 0 Å². The summed E-state index contributed by atoms with van der Waals surface area (Å²) in [6, 6.07) is 0.916. The van der Waals surface area contributed by atoms with E-state index in [1.54, 1.807) is 0 Å². The van der Waals surface area contributed by atoms with E-state index in [9.17, 15) is 0 Å². The summed E-state index contributed by atoms with van der Waals surface area (Å²) < 4.78 is 0. The average molecular weight is 162 g/mol. The van der Waals surface area contributed by atoms with Gasteiger partial charge in [0.15, 0.2) is 0 Å². The van der Waals surface area contributed by atoms with Crippen molar-refractivity contribution in [1.82, 2.24) is 5.32 Å². The molecule has 2 atom stereocenters. The quantitative estimate of drug-likeness (QED) is 0.573. The molecule has 0 amide bonds. The first kappa shape index (κ1) is 8.35. The van der Waals surface area contributed by atoms with E-state index >= 15 is 0 Å². The Morgan fingerprint density at radius 2 is 1.80 bits per heavy atom. The molecule has 1 saturated heterocycles. The molecule has 2 aliphatic rings. The van der Waals surface area contributed by atoms with Gasteiger partial charge in [-0.1, -0.05) is 12.8 Å². The second kappa shape index (κ2) is 3.59. The first-order valence-corrected chi connectivity index (χ1v) is 4.20. The Labute approximate surface area is 69.0 Å². The minimum absolute atomic E-state index is 0. The standard InChI is InChI=1S/C8H15N.ClH/c1-2-4-8-7(3-1)5-6-9-8;/h7-9H,1-6H2;1H. The normalized spacial score (nSPS) is 38.4. The van der Waals surface area contributed by atoms with Crippen LogP contribution in [-0.4, -0.2) is 12.6 Å². The molecule has 1 aliphatic carbocycles. The van der Waals surface area contributed by atoms with Crippen LogP contribution >= 0.6 is 12.4 Å². The Bertz CT molecular complexity index is 93.4. The lowest BCUT2D eigenvalue weighted by atomic mass is 9.86. The van der Waals surface area contributed by atoms with E-state index < -0.39 is 0 Å². The highest BCUT2D eigenvalue weighted by molar-refractivity contribution is 5.85. The molecule has 2 heteroatoms. The molecule has 60 valence electrons. The second-order valence-corrected chi connectivity index (χ2v) is 3.39. The minimum atomic E-state index is 0. The molecule has 1 aliphatic heterocycles. The van der Waals surface area contributed by atoms with Gasteiger partial charge in [0, 0.05) is 6.04 Å². The summed E-state index contributed by atoms with van der Waals surface area (Å²) in [5.41, 5.74) is 0. The molecule has 0 aromatic heterocycles. The molecule has 0 spiro atoms. The van der Waals surface area contributed by atoms with Crippen LogP contribution in [0.15, 0.2) is 0 Å². The molecule has 10 heavy (non-hydrogen) atoms. The number of hydrogen-bond acceptors (Lipinski definition) is 1. The fraction of sp³-hybridized carbons (Fsp3) is 1.00. The van der Waals surface area contributed by atoms with E-state index in [1.165, 1.54) is 38.6 Å². The summed E-state index contributed by atoms with van der Waals surface area (Å²) in [4.78, 5) is 0. The Balaban J connectivity index is 0.000000500. The lowest BCUT2D eigenvalue weighted by molar-refractivity contribution is 0.326. The van der Waals surface area contributed by atoms with Gasteiger partial charge in [-0.2, -0.15) is 0 Å². The van der Waals surface area contributed by atoms with Gasteiger partial charge in [0.05, 0.1) is 0 Å². The number of halogens is 1. The predicted octanol–water partition coefficient (Wildman–Crippen LogP) is 1.96. The summed E-state index contributed by atoms with van der Waals surface area (Å²) in [5, 5.41) is 3.56. The van der Waals surface area contributed by atoms with Crippen molar-refractivity contribution < 1.29 is 0 Å². The van der Waals surface area contributed by atoms with Crippen molar-refractivity contribution in [3.63, 3.8) is 0 Å². The van der Waals surface area contributed by atoms with Crippen LogP contribution in [0.25, 0.3) is 0 Å². The highest BCUT2D eigenvalue weighted by Crippen LogP contribution is 2.29. The van der Waals surface area contributed by atoms with E-state index in [0.717, 1.165) is 12.0 Å². The van der Waals surface area contributed by atoms with E-state index in [0.29, 0.717) is 0 Å². The largest absolute Gasteiger partial charge is 0.314 e. The van der Waals surface area contributed by atoms with Crippen molar-refractivity contribution in [3.05, 3.63) is 0 Å². The van der Waals surface area contributed by atoms with Crippen LogP contribution in [-0.2, 0) is 0 Å². The molecule has 2 rings (SSSR count). The highest BCUT2D eigenvalue weighted by Gasteiger charge is 2.28. The van der Waals surface area contributed by atoms with Crippen molar-refractivity contribution in [1.29, 1.82) is 0 Å². The number of hydrogen-bond donors (Lipinski definition) is 1. The maximum atomic E-state index is 3.56. The lowest BCUT2D eigenvalue weighted by Crippen LogP contribution is -2.29. The Kier molecular flexibility index (Phi) is 2.99. The van der Waals surface area contributed by atoms with Crippen LogP contribution in [0.3, 0.4) is 0 Å². The van der Waals surface area contributed by atoms with Crippen molar-refractivity contribution in [2.24, 2.45) is 5.92 Å². The van der Waals surface area contributed by atoms with Gasteiger partial charge < -0.3 is 5.32 Å². The second-order valence-electron chi connectivity index (χ2n) is 3.39. The zero-order valence-electron chi connectivity index (χ0n) is 6.31. The lowest BCUT2D eigenvalue weighted by Gasteiger charge is -2.24. The molecule has 1 saturated carbocycles. The fourth-order valence-corrected chi connectivity index (χ4v) is 2.28. The molecule has 2 unspecified atom stereocenters. The Hall–Kier alpha value is 0.250. The van der Waals surface area contributed by atoms with Crippen molar-refractivity contribution in [2.45, 2.75) is 38.1 Å². The van der Waals surface area contributed by atoms with Gasteiger partial charge in [-0.15, -0.1) is 12.4 Å². The summed E-state index contributed by atoms with van der Waals surface area (Å²) >= 11 is 0. The van der Waals surface area contributed by atoms with Crippen LogP contribution in [0.1, 0.15) is 32.1 Å². The molecule has 0 aromatic carbocycles. The first-order valence-electron chi connectivity index (χ1n) is 4.20. The third-order valence-electron chi connectivity index (χ3n) is 2.83. The highest BCUT2D eigenvalue weighted by atomic mass is 35.5. The third kappa shape index (κ3) is 1.46. The van der Waals surface area contributed by atoms with Crippen LogP contribution in [0.5, 0.6) is 0 Å². The zero-order valence-corrected chi connectivity index (χ0v) is 7.12. The van der Waals surface area contributed by atoms with E-state index in [4.69, 9.17) is 0 Å². The van der Waals surface area contributed by atoms with Gasteiger partial charge in [0.1, 0.15) is 0 Å². The minimum Gasteiger partial charge on any atom is -0.314 e. The molecular formula is C8H16ClN. The SMILES string of the molecule is C1CCC2NCCC2C1.Cl. The van der Waals surface area contributed by atoms with E-state index in [-0.39, 0.29) is 12.4 Å². The monoisotopic (exact) mass is 161 g/mol. The van der Waals surface area contributed by atoms with Gasteiger partial charge >= 0.3 is 0 Å². The van der Waals surface area contributed by atoms with Crippen LogP contribution in [0.4, 0.5) is 0 Å². The predicted molar refractivity (Wildman–Crippen MR) is 45.6 cm³/mol. The molecule has 2 fully saturated rings. The zero-order chi connectivity index (χ0) is 6.10. The molecule has 0 aromatic rings. The Morgan fingerprint density at radius 3 is 2.60 bits per heavy atom. The molecule has 0 bridgehead atoms. The van der Waals surface area contributed by atoms with Gasteiger partial charge in [0.2, 0.25) is 0 Å². The summed E-state index contributed by atoms with van der Waals surface area (Å²) in [6.45, 7) is 1.29. The molecular weight excluding hydrogens is 146 g/mol. The van der Waals surface area contributed by atoms with Crippen molar-refractivity contribution >= 4 is 12.4 Å². The number of fused-ring (bicyclic) bond motifs is 1. The van der Waals surface area contributed by atoms with E-state index in [1.807, 2.05) is 0 Å². The van der Waals surface area contributed by atoms with Crippen LogP contribution < -0.4 is 5.32 Å². The summed E-state index contributed by atoms with van der Waals surface area (Å²) in [7, 11) is 0. The summed E-state index contributed by atoms with van der Waals surface area (Å²) in [5.74, 6) is 1.05. The summed E-state index contributed by atoms with van der Waals surface area (Å²) in [6.07, 6.45) is 7.35. The molecule has 1 heterocycles. The fourth-order valence-electron chi connectivity index (χ4n) is 2.28. The van der Waals surface area contributed by atoms with Crippen molar-refractivity contribution in [2.75, 3.05) is 6.54 Å². The van der Waals surface area contributed by atoms with Crippen LogP contribution in [0.2, 0.25) is 0 Å². The first-order chi connectivity index (χ1) is 4.47. The number of nitrogens with one attached hydrogen (secondary N) is 1. The van der Waals surface area contributed by atoms with Crippen LogP contribution in [0, 0.1) is 5.92 Å². The van der Waals surface area contributed by atoms with Gasteiger partial charge in [-0.25, -0.2) is 0 Å². The smallest absolute Gasteiger partial charge is 0.00958 e. The third-order valence-corrected chi connectivity index (χ3v) is 2.83. The van der Waals surface area contributed by atoms with E-state index in [2.05, 4.69) is 5.32 Å². The molecule has 0 radical (unpaired) electrons. The van der Waals surface area contributed by atoms with Crippen molar-refractivity contribution in [3.8, 4) is 0 Å². The average Bonchev–Trinajstić information content (AvgIpc) is 2.33.